The second-order valence-corrected chi connectivity index (χ2v) is 5.35. The summed E-state index contributed by atoms with van der Waals surface area (Å²) in [7, 11) is 0. The molecule has 0 aromatic carbocycles. The number of aromatic nitrogens is 2. The Morgan fingerprint density at radius 3 is 2.71 bits per heavy atom. The van der Waals surface area contributed by atoms with Crippen molar-refractivity contribution in [3.05, 3.63) is 29.1 Å². The van der Waals surface area contributed by atoms with Gasteiger partial charge in [0.1, 0.15) is 6.04 Å². The molecule has 0 bridgehead atoms. The van der Waals surface area contributed by atoms with Gasteiger partial charge in [0.05, 0.1) is 10.7 Å². The third-order valence-corrected chi connectivity index (χ3v) is 3.66. The van der Waals surface area contributed by atoms with E-state index in [4.69, 9.17) is 11.6 Å². The van der Waals surface area contributed by atoms with Crippen molar-refractivity contribution in [3.8, 4) is 0 Å². The number of nitrogens with zero attached hydrogens (tertiary/aromatic N) is 2. The molecule has 1 aromatic rings. The molecule has 1 aliphatic rings. The van der Waals surface area contributed by atoms with Crippen LogP contribution in [0, 0.1) is 0 Å². The Bertz CT molecular complexity index is 564. The maximum Gasteiger partial charge on any atom is 0.436 e. The molecule has 8 heteroatoms. The van der Waals surface area contributed by atoms with E-state index in [0.29, 0.717) is 5.69 Å². The van der Waals surface area contributed by atoms with Gasteiger partial charge in [-0.25, -0.2) is 0 Å². The lowest BCUT2D eigenvalue weighted by Gasteiger charge is -2.15. The molecule has 2 rings (SSSR count). The zero-order chi connectivity index (χ0) is 15.8. The second-order valence-electron chi connectivity index (χ2n) is 4.97. The highest BCUT2D eigenvalue weighted by Crippen LogP contribution is 2.47. The summed E-state index contributed by atoms with van der Waals surface area (Å²) in [6.45, 7) is 5.20. The number of amides is 1. The average Bonchev–Trinajstić information content (AvgIpc) is 3.17. The molecule has 0 saturated heterocycles. The molecule has 4 nitrogen and oxygen atoms in total. The fourth-order valence-corrected chi connectivity index (χ4v) is 2.44. The first-order valence-electron chi connectivity index (χ1n) is 6.51. The van der Waals surface area contributed by atoms with Crippen molar-refractivity contribution in [1.29, 1.82) is 0 Å². The number of nitrogens with one attached hydrogen (secondary N) is 1. The normalized spacial score (nSPS) is 16.6. The van der Waals surface area contributed by atoms with E-state index in [9.17, 15) is 18.0 Å². The number of hydrogen-bond donors (Lipinski definition) is 1. The lowest BCUT2D eigenvalue weighted by atomic mass is 10.2. The van der Waals surface area contributed by atoms with Gasteiger partial charge in [0.2, 0.25) is 5.91 Å². The van der Waals surface area contributed by atoms with Gasteiger partial charge in [0.25, 0.3) is 0 Å². The van der Waals surface area contributed by atoms with E-state index in [-0.39, 0.29) is 12.5 Å². The molecule has 1 aliphatic carbocycles. The quantitative estimate of drug-likeness (QED) is 0.846. The Balaban J connectivity index is 2.38. The zero-order valence-corrected chi connectivity index (χ0v) is 12.1. The molecule has 21 heavy (non-hydrogen) atoms. The van der Waals surface area contributed by atoms with Crippen molar-refractivity contribution >= 4 is 17.5 Å². The Morgan fingerprint density at radius 2 is 2.24 bits per heavy atom. The monoisotopic (exact) mass is 321 g/mol. The first-order valence-corrected chi connectivity index (χ1v) is 6.88. The molecular formula is C13H15ClF3N3O. The van der Waals surface area contributed by atoms with Gasteiger partial charge in [-0.1, -0.05) is 17.7 Å². The van der Waals surface area contributed by atoms with Crippen LogP contribution in [0.25, 0.3) is 0 Å². The fourth-order valence-electron chi connectivity index (χ4n) is 2.06. The number of rotatable bonds is 5. The standard InChI is InChI=1S/C13H15ClF3N3O/c1-3-6-18-12(21)7(2)20-10(8-4-5-8)9(14)11(19-20)13(15,16)17/h3,7-8H,1,4-6H2,2H3,(H,18,21)/t7-/m1/s1. The van der Waals surface area contributed by atoms with Gasteiger partial charge >= 0.3 is 6.18 Å². The lowest BCUT2D eigenvalue weighted by molar-refractivity contribution is -0.141. The predicted octanol–water partition coefficient (Wildman–Crippen LogP) is 3.30. The van der Waals surface area contributed by atoms with Crippen molar-refractivity contribution in [1.82, 2.24) is 15.1 Å². The van der Waals surface area contributed by atoms with E-state index in [2.05, 4.69) is 17.0 Å². The summed E-state index contributed by atoms with van der Waals surface area (Å²) in [6, 6.07) is -0.867. The number of alkyl halides is 3. The summed E-state index contributed by atoms with van der Waals surface area (Å²) < 4.78 is 39.9. The zero-order valence-electron chi connectivity index (χ0n) is 11.4. The van der Waals surface area contributed by atoms with Crippen LogP contribution < -0.4 is 5.32 Å². The Kier molecular flexibility index (Phi) is 4.32. The van der Waals surface area contributed by atoms with Gasteiger partial charge in [0, 0.05) is 12.5 Å². The smallest absolute Gasteiger partial charge is 0.351 e. The van der Waals surface area contributed by atoms with Crippen LogP contribution in [0.2, 0.25) is 5.02 Å². The lowest BCUT2D eigenvalue weighted by Crippen LogP contribution is -2.32. The second kappa shape index (κ2) is 5.71. The third-order valence-electron chi connectivity index (χ3n) is 3.29. The number of carbonyl (C=O) groups excluding carboxylic acids is 1. The summed E-state index contributed by atoms with van der Waals surface area (Å²) in [5.41, 5.74) is -0.834. The van der Waals surface area contributed by atoms with Crippen LogP contribution in [0.3, 0.4) is 0 Å². The molecule has 1 saturated carbocycles. The molecule has 1 aromatic heterocycles. The van der Waals surface area contributed by atoms with Gasteiger partial charge in [-0.15, -0.1) is 6.58 Å². The third kappa shape index (κ3) is 3.23. The molecule has 116 valence electrons. The van der Waals surface area contributed by atoms with E-state index < -0.39 is 28.8 Å². The van der Waals surface area contributed by atoms with E-state index in [1.807, 2.05) is 0 Å². The highest BCUT2D eigenvalue weighted by Gasteiger charge is 2.43. The summed E-state index contributed by atoms with van der Waals surface area (Å²) in [5, 5.41) is 5.69. The summed E-state index contributed by atoms with van der Waals surface area (Å²) in [5.74, 6) is -0.486. The molecule has 1 atom stereocenters. The van der Waals surface area contributed by atoms with Crippen LogP contribution in [0.15, 0.2) is 12.7 Å². The number of carbonyl (C=O) groups is 1. The van der Waals surface area contributed by atoms with Gasteiger partial charge in [0.15, 0.2) is 5.69 Å². The fraction of sp³-hybridized carbons (Fsp3) is 0.538. The molecule has 0 aliphatic heterocycles. The minimum absolute atomic E-state index is 0.0595. The maximum absolute atomic E-state index is 12.9. The average molecular weight is 322 g/mol. The minimum Gasteiger partial charge on any atom is -0.351 e. The SMILES string of the molecule is C=CCNC(=O)[C@@H](C)n1nc(C(F)(F)F)c(Cl)c1C1CC1. The Morgan fingerprint density at radius 1 is 1.62 bits per heavy atom. The summed E-state index contributed by atoms with van der Waals surface area (Å²) >= 11 is 5.85. The van der Waals surface area contributed by atoms with Crippen LogP contribution >= 0.6 is 11.6 Å². The number of halogens is 4. The van der Waals surface area contributed by atoms with Crippen LogP contribution in [0.1, 0.15) is 43.1 Å². The summed E-state index contributed by atoms with van der Waals surface area (Å²) in [6.07, 6.45) is -1.64. The van der Waals surface area contributed by atoms with E-state index >= 15 is 0 Å². The topological polar surface area (TPSA) is 46.9 Å². The van der Waals surface area contributed by atoms with Crippen LogP contribution in [-0.4, -0.2) is 22.2 Å². The first kappa shape index (κ1) is 15.9. The van der Waals surface area contributed by atoms with E-state index in [1.165, 1.54) is 13.0 Å². The Labute approximate surface area is 125 Å². The first-order chi connectivity index (χ1) is 9.77. The van der Waals surface area contributed by atoms with Crippen LogP contribution in [0.4, 0.5) is 13.2 Å². The number of hydrogen-bond acceptors (Lipinski definition) is 2. The highest BCUT2D eigenvalue weighted by molar-refractivity contribution is 6.32. The Hall–Kier alpha value is -1.50. The predicted molar refractivity (Wildman–Crippen MR) is 72.1 cm³/mol. The van der Waals surface area contributed by atoms with E-state index in [1.54, 1.807) is 0 Å². The van der Waals surface area contributed by atoms with Crippen molar-refractivity contribution in [2.45, 2.75) is 37.9 Å². The molecule has 0 radical (unpaired) electrons. The van der Waals surface area contributed by atoms with E-state index in [0.717, 1.165) is 17.5 Å². The van der Waals surface area contributed by atoms with Crippen molar-refractivity contribution < 1.29 is 18.0 Å². The molecule has 0 unspecified atom stereocenters. The van der Waals surface area contributed by atoms with Crippen LogP contribution in [0.5, 0.6) is 0 Å². The maximum atomic E-state index is 12.9. The highest BCUT2D eigenvalue weighted by atomic mass is 35.5. The largest absolute Gasteiger partial charge is 0.436 e. The molecule has 1 heterocycles. The van der Waals surface area contributed by atoms with Crippen molar-refractivity contribution in [3.63, 3.8) is 0 Å². The molecule has 1 fully saturated rings. The molecule has 0 spiro atoms. The van der Waals surface area contributed by atoms with Gasteiger partial charge in [-0.2, -0.15) is 18.3 Å². The molecular weight excluding hydrogens is 307 g/mol. The molecule has 1 amide bonds. The molecule has 1 N–H and O–H groups in total. The summed E-state index contributed by atoms with van der Waals surface area (Å²) in [4.78, 5) is 11.9. The van der Waals surface area contributed by atoms with Gasteiger partial charge in [-0.05, 0) is 19.8 Å². The van der Waals surface area contributed by atoms with Crippen molar-refractivity contribution in [2.24, 2.45) is 0 Å². The van der Waals surface area contributed by atoms with Gasteiger partial charge < -0.3 is 5.32 Å². The van der Waals surface area contributed by atoms with Gasteiger partial charge in [-0.3, -0.25) is 9.48 Å². The van der Waals surface area contributed by atoms with Crippen LogP contribution in [-0.2, 0) is 11.0 Å². The minimum atomic E-state index is -4.64. The van der Waals surface area contributed by atoms with Crippen molar-refractivity contribution in [2.75, 3.05) is 6.54 Å².